The number of nitrogens with zero attached hydrogens (tertiary/aromatic N) is 2. The van der Waals surface area contributed by atoms with E-state index in [1.54, 1.807) is 0 Å². The molecule has 1 aliphatic carbocycles. The van der Waals surface area contributed by atoms with Crippen LogP contribution in [0.1, 0.15) is 49.8 Å². The van der Waals surface area contributed by atoms with Gasteiger partial charge in [0.15, 0.2) is 5.69 Å². The molecule has 0 aromatic carbocycles. The van der Waals surface area contributed by atoms with Gasteiger partial charge < -0.3 is 26.8 Å². The number of hydrogen-bond donors (Lipinski definition) is 3. The van der Waals surface area contributed by atoms with Gasteiger partial charge in [-0.05, 0) is 73.6 Å². The molecule has 6 N–H and O–H groups in total. The number of hydrogen-bond acceptors (Lipinski definition) is 6. The monoisotopic (exact) mass is 473 g/mol. The van der Waals surface area contributed by atoms with E-state index in [-0.39, 0.29) is 23.2 Å². The topological polar surface area (TPSA) is 103 Å². The maximum absolute atomic E-state index is 12.6. The standard InChI is InChI=1S/C13H21B2NO.C10H11F3N4/c14-13(15,12-6-1-2-7-17-12)16-8-10-4-3-5-11(10)9-16;11-10(12,13)9-6(2-1-5-17-9)7(14)3-4-8(15)16/h10-12H,1-9H2;1-5H,14-16H2/b;7-3-. The van der Waals surface area contributed by atoms with E-state index < -0.39 is 17.2 Å². The lowest BCUT2D eigenvalue weighted by Crippen LogP contribution is -2.59. The van der Waals surface area contributed by atoms with E-state index in [1.807, 2.05) is 0 Å². The van der Waals surface area contributed by atoms with E-state index >= 15 is 0 Å². The van der Waals surface area contributed by atoms with Gasteiger partial charge in [0.1, 0.15) is 0 Å². The van der Waals surface area contributed by atoms with E-state index in [4.69, 9.17) is 37.6 Å². The minimum atomic E-state index is -4.56. The maximum Gasteiger partial charge on any atom is 0.434 e. The lowest BCUT2D eigenvalue weighted by molar-refractivity contribution is -0.141. The number of allylic oxidation sites excluding steroid dienone is 2. The zero-order valence-corrected chi connectivity index (χ0v) is 19.3. The lowest BCUT2D eigenvalue weighted by atomic mass is 9.56. The van der Waals surface area contributed by atoms with Crippen LogP contribution in [-0.4, -0.2) is 56.7 Å². The fraction of sp³-hybridized carbons (Fsp3) is 0.609. The van der Waals surface area contributed by atoms with E-state index in [2.05, 4.69) is 9.88 Å². The minimum Gasteiger partial charge on any atom is -0.398 e. The van der Waals surface area contributed by atoms with Crippen molar-refractivity contribution in [3.8, 4) is 0 Å². The van der Waals surface area contributed by atoms with Gasteiger partial charge in [-0.2, -0.15) is 13.2 Å². The number of aromatic nitrogens is 1. The SMILES string of the molecule is NC(N)=C/C=C(\N)c1cccnc1C(F)(F)F.[B]C([B])(C1CCCCO1)N1CC2CCCC2C1. The molecular weight excluding hydrogens is 441 g/mol. The summed E-state index contributed by atoms with van der Waals surface area (Å²) in [6.45, 7) is 2.98. The Morgan fingerprint density at radius 1 is 1.03 bits per heavy atom. The fourth-order valence-electron chi connectivity index (χ4n) is 5.00. The van der Waals surface area contributed by atoms with Crippen LogP contribution in [0.3, 0.4) is 0 Å². The number of rotatable bonds is 4. The Kier molecular flexibility index (Phi) is 8.62. The van der Waals surface area contributed by atoms with Crippen LogP contribution in [0.2, 0.25) is 0 Å². The Labute approximate surface area is 202 Å². The third-order valence-electron chi connectivity index (χ3n) is 6.81. The third kappa shape index (κ3) is 6.50. The van der Waals surface area contributed by atoms with Gasteiger partial charge in [0.25, 0.3) is 0 Å². The Morgan fingerprint density at radius 2 is 1.71 bits per heavy atom. The highest BCUT2D eigenvalue weighted by atomic mass is 19.4. The summed E-state index contributed by atoms with van der Waals surface area (Å²) in [6.07, 6.45) is 6.40. The Hall–Kier alpha value is -2.13. The number of halogens is 3. The van der Waals surface area contributed by atoms with Crippen molar-refractivity contribution >= 4 is 21.4 Å². The van der Waals surface area contributed by atoms with Gasteiger partial charge in [-0.1, -0.05) is 6.42 Å². The highest BCUT2D eigenvalue weighted by Crippen LogP contribution is 2.40. The second-order valence-electron chi connectivity index (χ2n) is 9.28. The molecule has 1 aromatic rings. The molecule has 3 atom stereocenters. The molecule has 6 nitrogen and oxygen atoms in total. The predicted molar refractivity (Wildman–Crippen MR) is 128 cm³/mol. The van der Waals surface area contributed by atoms with Crippen LogP contribution in [0.25, 0.3) is 5.70 Å². The lowest BCUT2D eigenvalue weighted by Gasteiger charge is -2.45. The summed E-state index contributed by atoms with van der Waals surface area (Å²) in [5, 5.41) is -0.745. The van der Waals surface area contributed by atoms with Gasteiger partial charge >= 0.3 is 6.18 Å². The van der Waals surface area contributed by atoms with Crippen LogP contribution in [-0.2, 0) is 10.9 Å². The molecule has 34 heavy (non-hydrogen) atoms. The second-order valence-corrected chi connectivity index (χ2v) is 9.28. The molecule has 1 aromatic heterocycles. The molecule has 2 saturated heterocycles. The molecule has 2 aliphatic heterocycles. The molecular formula is C23H32B2F3N5O. The van der Waals surface area contributed by atoms with Crippen LogP contribution >= 0.6 is 0 Å². The van der Waals surface area contributed by atoms with Gasteiger partial charge in [-0.3, -0.25) is 4.98 Å². The van der Waals surface area contributed by atoms with Crippen LogP contribution in [0.5, 0.6) is 0 Å². The molecule has 4 rings (SSSR count). The van der Waals surface area contributed by atoms with Crippen LogP contribution in [0, 0.1) is 11.8 Å². The Balaban J connectivity index is 0.000000191. The highest BCUT2D eigenvalue weighted by Gasteiger charge is 2.44. The quantitative estimate of drug-likeness (QED) is 0.459. The third-order valence-corrected chi connectivity index (χ3v) is 6.81. The van der Waals surface area contributed by atoms with Crippen molar-refractivity contribution in [1.29, 1.82) is 0 Å². The number of fused-ring (bicyclic) bond motifs is 1. The molecule has 182 valence electrons. The Bertz CT molecular complexity index is 872. The second kappa shape index (κ2) is 11.1. The molecule has 11 heteroatoms. The van der Waals surface area contributed by atoms with E-state index in [0.29, 0.717) is 0 Å². The first-order chi connectivity index (χ1) is 16.0. The molecule has 3 fully saturated rings. The van der Waals surface area contributed by atoms with Crippen molar-refractivity contribution in [3.05, 3.63) is 47.6 Å². The van der Waals surface area contributed by atoms with Gasteiger partial charge in [0.2, 0.25) is 0 Å². The predicted octanol–water partition coefficient (Wildman–Crippen LogP) is 2.44. The van der Waals surface area contributed by atoms with Gasteiger partial charge in [-0.25, -0.2) is 0 Å². The molecule has 3 aliphatic rings. The summed E-state index contributed by atoms with van der Waals surface area (Å²) in [4.78, 5) is 5.56. The summed E-state index contributed by atoms with van der Waals surface area (Å²) >= 11 is 0. The summed E-state index contributed by atoms with van der Waals surface area (Å²) in [5.74, 6) is 1.63. The fourth-order valence-corrected chi connectivity index (χ4v) is 5.00. The normalized spacial score (nSPS) is 25.9. The molecule has 1 saturated carbocycles. The van der Waals surface area contributed by atoms with Crippen LogP contribution in [0.15, 0.2) is 36.3 Å². The average Bonchev–Trinajstić information content (AvgIpc) is 3.41. The number of alkyl halides is 3. The number of likely N-dealkylation sites (tertiary alicyclic amines) is 1. The number of ether oxygens (including phenoxy) is 1. The zero-order chi connectivity index (χ0) is 24.9. The van der Waals surface area contributed by atoms with Crippen LogP contribution in [0.4, 0.5) is 13.2 Å². The van der Waals surface area contributed by atoms with E-state index in [1.165, 1.54) is 50.0 Å². The summed E-state index contributed by atoms with van der Waals surface area (Å²) in [7, 11) is 12.8. The molecule has 4 radical (unpaired) electrons. The van der Waals surface area contributed by atoms with Crippen LogP contribution < -0.4 is 17.2 Å². The largest absolute Gasteiger partial charge is 0.434 e. The van der Waals surface area contributed by atoms with Crippen molar-refractivity contribution in [2.75, 3.05) is 19.7 Å². The number of nitrogens with two attached hydrogens (primary N) is 3. The highest BCUT2D eigenvalue weighted by molar-refractivity contribution is 6.40. The van der Waals surface area contributed by atoms with Gasteiger partial charge in [0.05, 0.1) is 27.6 Å². The van der Waals surface area contributed by atoms with Gasteiger partial charge in [0, 0.05) is 37.2 Å². The van der Waals surface area contributed by atoms with Crippen molar-refractivity contribution < 1.29 is 17.9 Å². The summed E-state index contributed by atoms with van der Waals surface area (Å²) in [5.41, 5.74) is 14.4. The van der Waals surface area contributed by atoms with Gasteiger partial charge in [-0.15, -0.1) is 0 Å². The first-order valence-electron chi connectivity index (χ1n) is 11.7. The molecule has 0 amide bonds. The maximum atomic E-state index is 12.6. The smallest absolute Gasteiger partial charge is 0.398 e. The first kappa shape index (κ1) is 26.5. The van der Waals surface area contributed by atoms with E-state index in [0.717, 1.165) is 50.6 Å². The average molecular weight is 473 g/mol. The molecule has 0 spiro atoms. The van der Waals surface area contributed by atoms with Crippen molar-refractivity contribution in [2.24, 2.45) is 29.0 Å². The van der Waals surface area contributed by atoms with Crippen molar-refractivity contribution in [2.45, 2.75) is 56.1 Å². The Morgan fingerprint density at radius 3 is 2.26 bits per heavy atom. The zero-order valence-electron chi connectivity index (χ0n) is 19.3. The first-order valence-corrected chi connectivity index (χ1v) is 11.7. The summed E-state index contributed by atoms with van der Waals surface area (Å²) in [6, 6.07) is 2.59. The number of pyridine rings is 1. The molecule has 3 heterocycles. The van der Waals surface area contributed by atoms with E-state index in [9.17, 15) is 13.2 Å². The molecule has 3 unspecified atom stereocenters. The van der Waals surface area contributed by atoms with Crippen molar-refractivity contribution in [1.82, 2.24) is 9.88 Å². The molecule has 0 bridgehead atoms. The van der Waals surface area contributed by atoms with Crippen molar-refractivity contribution in [3.63, 3.8) is 0 Å². The summed E-state index contributed by atoms with van der Waals surface area (Å²) < 4.78 is 43.6. The minimum absolute atomic E-state index is 0.0232.